The number of carbonyl (C=O) groups is 1. The van der Waals surface area contributed by atoms with Crippen molar-refractivity contribution >= 4 is 46.2 Å². The molecule has 0 saturated heterocycles. The Hall–Kier alpha value is -5.33. The fourth-order valence-electron chi connectivity index (χ4n) is 3.87. The second-order valence-electron chi connectivity index (χ2n) is 9.01. The van der Waals surface area contributed by atoms with Gasteiger partial charge in [-0.25, -0.2) is 14.2 Å². The number of benzene rings is 3. The first kappa shape index (κ1) is 29.6. The van der Waals surface area contributed by atoms with E-state index < -0.39 is 24.0 Å². The third kappa shape index (κ3) is 7.65. The molecule has 0 saturated carbocycles. The van der Waals surface area contributed by atoms with Gasteiger partial charge in [-0.2, -0.15) is 4.98 Å². The number of anilines is 6. The van der Waals surface area contributed by atoms with Crippen molar-refractivity contribution in [3.05, 3.63) is 96.4 Å². The third-order valence-electron chi connectivity index (χ3n) is 6.02. The lowest BCUT2D eigenvalue weighted by atomic mass is 10.1. The summed E-state index contributed by atoms with van der Waals surface area (Å²) in [5, 5.41) is 11.2. The van der Waals surface area contributed by atoms with Crippen LogP contribution in [-0.2, 0) is 0 Å². The van der Waals surface area contributed by atoms with E-state index in [1.807, 2.05) is 25.1 Å². The highest BCUT2D eigenvalue weighted by Gasteiger charge is 2.31. The third-order valence-corrected chi connectivity index (χ3v) is 6.02. The van der Waals surface area contributed by atoms with Crippen LogP contribution in [-0.4, -0.2) is 36.5 Å². The molecule has 4 N–H and O–H groups in total. The lowest BCUT2D eigenvalue weighted by Crippen LogP contribution is -2.20. The molecule has 13 heteroatoms. The van der Waals surface area contributed by atoms with Crippen LogP contribution in [0.5, 0.6) is 5.75 Å². The average Bonchev–Trinajstić information content (AvgIpc) is 2.95. The van der Waals surface area contributed by atoms with E-state index in [0.29, 0.717) is 17.1 Å². The van der Waals surface area contributed by atoms with E-state index >= 15 is 0 Å². The zero-order valence-corrected chi connectivity index (χ0v) is 22.8. The zero-order valence-electron chi connectivity index (χ0n) is 22.8. The average molecular weight is 582 g/mol. The van der Waals surface area contributed by atoms with Crippen LogP contribution in [0, 0.1) is 12.7 Å². The summed E-state index contributed by atoms with van der Waals surface area (Å²) in [4.78, 5) is 22.3. The molecule has 0 fully saturated rings. The number of amides is 2. The molecular weight excluding hydrogens is 554 g/mol. The summed E-state index contributed by atoms with van der Waals surface area (Å²) in [7, 11) is 3.42. The number of hydrogen-bond acceptors (Lipinski definition) is 7. The minimum absolute atomic E-state index is 0.0240. The molecule has 3 aromatic carbocycles. The first-order valence-electron chi connectivity index (χ1n) is 12.5. The molecule has 1 heterocycles. The number of urea groups is 1. The van der Waals surface area contributed by atoms with E-state index in [4.69, 9.17) is 0 Å². The number of halogens is 4. The largest absolute Gasteiger partial charge is 0.573 e. The highest BCUT2D eigenvalue weighted by Crippen LogP contribution is 2.28. The van der Waals surface area contributed by atoms with Crippen LogP contribution < -0.4 is 30.9 Å². The summed E-state index contributed by atoms with van der Waals surface area (Å²) in [6.45, 7) is 5.97. The Morgan fingerprint density at radius 3 is 2.14 bits per heavy atom. The predicted molar refractivity (Wildman–Crippen MR) is 155 cm³/mol. The number of aryl methyl sites for hydroxylation is 1. The smallest absolute Gasteiger partial charge is 0.406 e. The Balaban J connectivity index is 1.40. The van der Waals surface area contributed by atoms with Crippen LogP contribution in [0.25, 0.3) is 5.70 Å². The fourth-order valence-corrected chi connectivity index (χ4v) is 3.87. The van der Waals surface area contributed by atoms with Crippen LogP contribution in [0.4, 0.5) is 56.9 Å². The lowest BCUT2D eigenvalue weighted by molar-refractivity contribution is -0.274. The molecule has 0 aliphatic rings. The number of nitrogens with one attached hydrogen (secondary N) is 4. The Kier molecular flexibility index (Phi) is 8.79. The van der Waals surface area contributed by atoms with Crippen molar-refractivity contribution in [3.8, 4) is 5.75 Å². The number of nitrogens with zero attached hydrogens (tertiary/aromatic N) is 3. The first-order valence-corrected chi connectivity index (χ1v) is 12.5. The van der Waals surface area contributed by atoms with Crippen molar-refractivity contribution in [1.82, 2.24) is 15.3 Å². The molecule has 0 spiro atoms. The monoisotopic (exact) mass is 581 g/mol. The molecule has 9 nitrogen and oxygen atoms in total. The van der Waals surface area contributed by atoms with E-state index in [2.05, 4.69) is 42.6 Å². The van der Waals surface area contributed by atoms with Gasteiger partial charge in [0.2, 0.25) is 5.95 Å². The van der Waals surface area contributed by atoms with Gasteiger partial charge in [-0.3, -0.25) is 0 Å². The van der Waals surface area contributed by atoms with Crippen molar-refractivity contribution in [1.29, 1.82) is 0 Å². The predicted octanol–water partition coefficient (Wildman–Crippen LogP) is 7.17. The molecule has 4 rings (SSSR count). The minimum Gasteiger partial charge on any atom is -0.406 e. The van der Waals surface area contributed by atoms with Crippen LogP contribution in [0.2, 0.25) is 0 Å². The second-order valence-corrected chi connectivity index (χ2v) is 9.01. The van der Waals surface area contributed by atoms with Gasteiger partial charge in [-0.05, 0) is 73.2 Å². The summed E-state index contributed by atoms with van der Waals surface area (Å²) in [5.74, 6) is -0.826. The molecule has 42 heavy (non-hydrogen) atoms. The van der Waals surface area contributed by atoms with Gasteiger partial charge >= 0.3 is 12.4 Å². The van der Waals surface area contributed by atoms with Crippen LogP contribution in [0.15, 0.2) is 79.5 Å². The van der Waals surface area contributed by atoms with Crippen molar-refractivity contribution in [2.24, 2.45) is 0 Å². The lowest BCUT2D eigenvalue weighted by Gasteiger charge is -2.20. The summed E-state index contributed by atoms with van der Waals surface area (Å²) < 4.78 is 55.5. The zero-order chi connectivity index (χ0) is 30.4. The number of hydrogen-bond donors (Lipinski definition) is 4. The van der Waals surface area contributed by atoms with Crippen molar-refractivity contribution < 1.29 is 27.1 Å². The van der Waals surface area contributed by atoms with Gasteiger partial charge in [-0.15, -0.1) is 13.2 Å². The van der Waals surface area contributed by atoms with Gasteiger partial charge in [0, 0.05) is 48.1 Å². The Morgan fingerprint density at radius 1 is 0.952 bits per heavy atom. The minimum atomic E-state index is -4.81. The molecule has 0 unspecified atom stereocenters. The molecule has 0 atom stereocenters. The number of aromatic nitrogens is 2. The van der Waals surface area contributed by atoms with E-state index in [1.165, 1.54) is 17.0 Å². The Morgan fingerprint density at radius 2 is 1.55 bits per heavy atom. The molecule has 4 aromatic rings. The Labute approximate surface area is 239 Å². The maximum Gasteiger partial charge on any atom is 0.573 e. The van der Waals surface area contributed by atoms with Crippen LogP contribution >= 0.6 is 0 Å². The van der Waals surface area contributed by atoms with Gasteiger partial charge in [0.05, 0.1) is 6.20 Å². The molecular formula is C29H27F4N7O2. The van der Waals surface area contributed by atoms with Gasteiger partial charge in [-0.1, -0.05) is 12.6 Å². The molecule has 1 aromatic heterocycles. The summed E-state index contributed by atoms with van der Waals surface area (Å²) in [6, 6.07) is 16.3. The number of carbonyl (C=O) groups excluding carboxylic acids is 1. The standard InChI is InChI=1S/C29H27F4N7O2/c1-17-5-6-21(15-24(17)18(2)34-3)36-27-35-16-25(30)26(39-27)40(4)22-11-7-19(8-12-22)37-28(41)38-20-9-13-23(14-10-20)42-29(31,32)33/h5-16,34H,2H2,1,3-4H3,(H,35,36,39)(H2,37,38,41). The first-order chi connectivity index (χ1) is 19.9. The number of alkyl halides is 3. The van der Waals surface area contributed by atoms with E-state index in [1.54, 1.807) is 38.4 Å². The topological polar surface area (TPSA) is 103 Å². The summed E-state index contributed by atoms with van der Waals surface area (Å²) >= 11 is 0. The molecule has 2 amide bonds. The normalized spacial score (nSPS) is 10.9. The van der Waals surface area contributed by atoms with Crippen LogP contribution in [0.3, 0.4) is 0 Å². The molecule has 0 aliphatic heterocycles. The summed E-state index contributed by atoms with van der Waals surface area (Å²) in [5.41, 5.74) is 4.66. The van der Waals surface area contributed by atoms with Gasteiger partial charge in [0.15, 0.2) is 11.6 Å². The Bertz CT molecular complexity index is 1580. The van der Waals surface area contributed by atoms with Gasteiger partial charge < -0.3 is 30.9 Å². The van der Waals surface area contributed by atoms with Crippen LogP contribution in [0.1, 0.15) is 11.1 Å². The highest BCUT2D eigenvalue weighted by atomic mass is 19.4. The quantitative estimate of drug-likeness (QED) is 0.155. The molecule has 0 radical (unpaired) electrons. The molecule has 0 aliphatic carbocycles. The van der Waals surface area contributed by atoms with Crippen molar-refractivity contribution in [3.63, 3.8) is 0 Å². The van der Waals surface area contributed by atoms with E-state index in [9.17, 15) is 22.4 Å². The summed E-state index contributed by atoms with van der Waals surface area (Å²) in [6.07, 6.45) is -3.73. The highest BCUT2D eigenvalue weighted by molar-refractivity contribution is 5.99. The SMILES string of the molecule is C=C(NC)c1cc(Nc2ncc(F)c(N(C)c3ccc(NC(=O)Nc4ccc(OC(F)(F)F)cc4)cc3)n2)ccc1C. The van der Waals surface area contributed by atoms with Crippen molar-refractivity contribution in [2.75, 3.05) is 34.9 Å². The fraction of sp³-hybridized carbons (Fsp3) is 0.138. The molecule has 0 bridgehead atoms. The van der Waals surface area contributed by atoms with E-state index in [0.717, 1.165) is 35.2 Å². The van der Waals surface area contributed by atoms with Gasteiger partial charge in [0.25, 0.3) is 0 Å². The number of ether oxygens (including phenoxy) is 1. The van der Waals surface area contributed by atoms with Crippen molar-refractivity contribution in [2.45, 2.75) is 13.3 Å². The maximum atomic E-state index is 14.7. The van der Waals surface area contributed by atoms with E-state index in [-0.39, 0.29) is 17.5 Å². The number of rotatable bonds is 9. The molecule has 218 valence electrons. The van der Waals surface area contributed by atoms with Gasteiger partial charge in [0.1, 0.15) is 5.75 Å². The maximum absolute atomic E-state index is 14.7. The second kappa shape index (κ2) is 12.5.